The third kappa shape index (κ3) is 5.88. The molecule has 1 atom stereocenters. The molecule has 0 aliphatic carbocycles. The molecule has 0 fully saturated rings. The fraction of sp³-hybridized carbons (Fsp3) is 0.833. The van der Waals surface area contributed by atoms with E-state index in [4.69, 9.17) is 5.11 Å². The maximum absolute atomic E-state index is 10.1. The van der Waals surface area contributed by atoms with E-state index in [0.29, 0.717) is 5.92 Å². The van der Waals surface area contributed by atoms with Crippen molar-refractivity contribution in [1.82, 2.24) is 5.32 Å². The maximum Gasteiger partial charge on any atom is 0.405 e. The molecule has 0 radical (unpaired) electrons. The van der Waals surface area contributed by atoms with Crippen molar-refractivity contribution in [1.29, 1.82) is 0 Å². The lowest BCUT2D eigenvalue weighted by atomic mass is 10.1. The molecule has 0 aromatic rings. The highest BCUT2D eigenvalue weighted by Crippen LogP contribution is 2.09. The molecule has 0 aliphatic rings. The minimum absolute atomic E-state index is 0.120. The van der Waals surface area contributed by atoms with E-state index in [1.807, 2.05) is 13.8 Å². The first kappa shape index (κ1) is 9.75. The van der Waals surface area contributed by atoms with Crippen molar-refractivity contribution in [3.8, 4) is 0 Å². The number of carbonyl (C=O) groups is 1. The highest BCUT2D eigenvalue weighted by molar-refractivity contribution is 9.09. The quantitative estimate of drug-likeness (QED) is 0.553. The van der Waals surface area contributed by atoms with Gasteiger partial charge in [0, 0.05) is 0 Å². The van der Waals surface area contributed by atoms with Gasteiger partial charge in [-0.2, -0.15) is 0 Å². The van der Waals surface area contributed by atoms with E-state index in [0.717, 1.165) is 6.42 Å². The summed E-state index contributed by atoms with van der Waals surface area (Å²) in [5, 5.41) is 10.6. The first-order chi connectivity index (χ1) is 4.52. The molecule has 10 heavy (non-hydrogen) atoms. The monoisotopic (exact) mass is 209 g/mol. The Bertz CT molecular complexity index is 116. The Balaban J connectivity index is 3.43. The van der Waals surface area contributed by atoms with Crippen LogP contribution in [0.15, 0.2) is 0 Å². The summed E-state index contributed by atoms with van der Waals surface area (Å²) in [5.74, 6) is 0.497. The Morgan fingerprint density at radius 3 is 2.50 bits per heavy atom. The normalized spacial score (nSPS) is 13.2. The lowest BCUT2D eigenvalue weighted by Crippen LogP contribution is -2.29. The van der Waals surface area contributed by atoms with Gasteiger partial charge < -0.3 is 10.4 Å². The Morgan fingerprint density at radius 2 is 2.20 bits per heavy atom. The van der Waals surface area contributed by atoms with E-state index >= 15 is 0 Å². The third-order valence-electron chi connectivity index (χ3n) is 0.958. The van der Waals surface area contributed by atoms with Crippen LogP contribution < -0.4 is 5.32 Å². The van der Waals surface area contributed by atoms with Crippen molar-refractivity contribution >= 4 is 22.0 Å². The molecule has 3 nitrogen and oxygen atoms in total. The fourth-order valence-corrected chi connectivity index (χ4v) is 1.55. The lowest BCUT2D eigenvalue weighted by Gasteiger charge is -2.10. The summed E-state index contributed by atoms with van der Waals surface area (Å²) in [5.41, 5.74) is 0. The smallest absolute Gasteiger partial charge is 0.405 e. The molecule has 60 valence electrons. The molecule has 0 spiro atoms. The summed E-state index contributed by atoms with van der Waals surface area (Å²) < 4.78 is 0. The van der Waals surface area contributed by atoms with Gasteiger partial charge in [-0.1, -0.05) is 29.8 Å². The van der Waals surface area contributed by atoms with Gasteiger partial charge in [-0.25, -0.2) is 4.79 Å². The Hall–Kier alpha value is -0.250. The van der Waals surface area contributed by atoms with Crippen molar-refractivity contribution in [3.05, 3.63) is 0 Å². The summed E-state index contributed by atoms with van der Waals surface area (Å²) >= 11 is 3.19. The number of amides is 1. The van der Waals surface area contributed by atoms with Gasteiger partial charge in [0.15, 0.2) is 0 Å². The molecule has 0 rings (SSSR count). The molecular formula is C6H12BrNO2. The molecular weight excluding hydrogens is 198 g/mol. The van der Waals surface area contributed by atoms with Crippen molar-refractivity contribution in [2.24, 2.45) is 5.92 Å². The number of alkyl halides is 1. The molecule has 0 aromatic carbocycles. The third-order valence-corrected chi connectivity index (χ3v) is 1.56. The molecule has 1 unspecified atom stereocenters. The summed E-state index contributed by atoms with van der Waals surface area (Å²) in [6, 6.07) is 0. The molecule has 0 saturated heterocycles. The highest BCUT2D eigenvalue weighted by atomic mass is 79.9. The van der Waals surface area contributed by atoms with E-state index in [1.165, 1.54) is 0 Å². The standard InChI is InChI=1S/C6H12BrNO2/c1-4(2)3-5(7)8-6(9)10/h4-5,8H,3H2,1-2H3,(H,9,10). The van der Waals surface area contributed by atoms with Crippen LogP contribution in [0.1, 0.15) is 20.3 Å². The van der Waals surface area contributed by atoms with Gasteiger partial charge in [0.2, 0.25) is 0 Å². The van der Waals surface area contributed by atoms with E-state index in [-0.39, 0.29) is 4.95 Å². The number of carboxylic acid groups (broad SMARTS) is 1. The largest absolute Gasteiger partial charge is 0.465 e. The zero-order chi connectivity index (χ0) is 8.15. The summed E-state index contributed by atoms with van der Waals surface area (Å²) in [6.07, 6.45) is -0.172. The summed E-state index contributed by atoms with van der Waals surface area (Å²) in [6.45, 7) is 4.08. The van der Waals surface area contributed by atoms with Crippen LogP contribution in [0.4, 0.5) is 4.79 Å². The zero-order valence-electron chi connectivity index (χ0n) is 6.10. The predicted octanol–water partition coefficient (Wildman–Crippen LogP) is 2.02. The van der Waals surface area contributed by atoms with Gasteiger partial charge in [-0.05, 0) is 12.3 Å². The SMILES string of the molecule is CC(C)CC(Br)NC(=O)O. The van der Waals surface area contributed by atoms with Gasteiger partial charge in [-0.3, -0.25) is 0 Å². The van der Waals surface area contributed by atoms with Crippen molar-refractivity contribution in [3.63, 3.8) is 0 Å². The minimum atomic E-state index is -0.984. The van der Waals surface area contributed by atoms with Gasteiger partial charge >= 0.3 is 6.09 Å². The van der Waals surface area contributed by atoms with Gasteiger partial charge in [0.25, 0.3) is 0 Å². The Labute approximate surface area is 68.9 Å². The van der Waals surface area contributed by atoms with Crippen molar-refractivity contribution in [2.75, 3.05) is 0 Å². The Kier molecular flexibility index (Phi) is 4.43. The van der Waals surface area contributed by atoms with Crippen LogP contribution in [0.5, 0.6) is 0 Å². The van der Waals surface area contributed by atoms with Crippen LogP contribution in [0.25, 0.3) is 0 Å². The van der Waals surface area contributed by atoms with E-state index in [1.54, 1.807) is 0 Å². The van der Waals surface area contributed by atoms with Crippen molar-refractivity contribution < 1.29 is 9.90 Å². The number of rotatable bonds is 3. The number of hydrogen-bond acceptors (Lipinski definition) is 1. The lowest BCUT2D eigenvalue weighted by molar-refractivity contribution is 0.193. The molecule has 0 aromatic heterocycles. The van der Waals surface area contributed by atoms with Crippen LogP contribution >= 0.6 is 15.9 Å². The number of nitrogens with one attached hydrogen (secondary N) is 1. The van der Waals surface area contributed by atoms with Gasteiger partial charge in [0.1, 0.15) is 0 Å². The molecule has 0 heterocycles. The molecule has 0 saturated carbocycles. The van der Waals surface area contributed by atoms with Gasteiger partial charge in [0.05, 0.1) is 4.95 Å². The summed E-state index contributed by atoms with van der Waals surface area (Å²) in [4.78, 5) is 9.93. The van der Waals surface area contributed by atoms with Crippen LogP contribution in [0, 0.1) is 5.92 Å². The van der Waals surface area contributed by atoms with Gasteiger partial charge in [-0.15, -0.1) is 0 Å². The highest BCUT2D eigenvalue weighted by Gasteiger charge is 2.07. The number of halogens is 1. The topological polar surface area (TPSA) is 49.3 Å². The van der Waals surface area contributed by atoms with E-state index in [2.05, 4.69) is 21.2 Å². The first-order valence-electron chi connectivity index (χ1n) is 3.16. The van der Waals surface area contributed by atoms with Crippen LogP contribution in [0.2, 0.25) is 0 Å². The summed E-state index contributed by atoms with van der Waals surface area (Å²) in [7, 11) is 0. The first-order valence-corrected chi connectivity index (χ1v) is 4.07. The Morgan fingerprint density at radius 1 is 1.70 bits per heavy atom. The predicted molar refractivity (Wildman–Crippen MR) is 43.3 cm³/mol. The average Bonchev–Trinajstić information content (AvgIpc) is 1.58. The molecule has 2 N–H and O–H groups in total. The second-order valence-electron chi connectivity index (χ2n) is 2.55. The maximum atomic E-state index is 10.1. The van der Waals surface area contributed by atoms with Crippen LogP contribution in [-0.2, 0) is 0 Å². The second-order valence-corrected chi connectivity index (χ2v) is 3.65. The zero-order valence-corrected chi connectivity index (χ0v) is 7.68. The molecule has 4 heteroatoms. The van der Waals surface area contributed by atoms with E-state index in [9.17, 15) is 4.79 Å². The van der Waals surface area contributed by atoms with E-state index < -0.39 is 6.09 Å². The molecule has 1 amide bonds. The fourth-order valence-electron chi connectivity index (χ4n) is 0.607. The molecule has 0 aliphatic heterocycles. The van der Waals surface area contributed by atoms with Crippen molar-refractivity contribution in [2.45, 2.75) is 25.2 Å². The molecule has 0 bridgehead atoms. The number of hydrogen-bond donors (Lipinski definition) is 2. The van der Waals surface area contributed by atoms with Crippen LogP contribution in [-0.4, -0.2) is 16.2 Å². The minimum Gasteiger partial charge on any atom is -0.465 e. The average molecular weight is 210 g/mol. The van der Waals surface area contributed by atoms with Crippen LogP contribution in [0.3, 0.4) is 0 Å². The second kappa shape index (κ2) is 4.55.